The number of ether oxygens (including phenoxy) is 1. The van der Waals surface area contributed by atoms with Gasteiger partial charge < -0.3 is 20.3 Å². The van der Waals surface area contributed by atoms with Gasteiger partial charge in [-0.25, -0.2) is 9.98 Å². The lowest BCUT2D eigenvalue weighted by molar-refractivity contribution is 0.203. The summed E-state index contributed by atoms with van der Waals surface area (Å²) < 4.78 is 5.05. The maximum Gasteiger partial charge on any atom is 0.191 e. The van der Waals surface area contributed by atoms with E-state index in [9.17, 15) is 0 Å². The van der Waals surface area contributed by atoms with Gasteiger partial charge >= 0.3 is 0 Å². The van der Waals surface area contributed by atoms with Gasteiger partial charge in [0.1, 0.15) is 5.82 Å². The van der Waals surface area contributed by atoms with Crippen molar-refractivity contribution in [1.29, 1.82) is 0 Å². The molecule has 2 N–H and O–H groups in total. The Hall–Kier alpha value is -1.09. The van der Waals surface area contributed by atoms with Gasteiger partial charge in [0.25, 0.3) is 0 Å². The van der Waals surface area contributed by atoms with Gasteiger partial charge in [0, 0.05) is 39.5 Å². The molecule has 1 aliphatic rings. The minimum atomic E-state index is 0. The third-order valence-electron chi connectivity index (χ3n) is 4.10. The van der Waals surface area contributed by atoms with Crippen LogP contribution in [0.3, 0.4) is 0 Å². The molecule has 0 saturated carbocycles. The van der Waals surface area contributed by atoms with Crippen molar-refractivity contribution < 1.29 is 4.74 Å². The molecule has 0 bridgehead atoms. The topological polar surface area (TPSA) is 61.8 Å². The lowest BCUT2D eigenvalue weighted by Gasteiger charge is -2.21. The van der Waals surface area contributed by atoms with Crippen molar-refractivity contribution in [3.63, 3.8) is 0 Å². The van der Waals surface area contributed by atoms with Crippen LogP contribution in [0.1, 0.15) is 38.2 Å². The molecule has 2 rings (SSSR count). The summed E-state index contributed by atoms with van der Waals surface area (Å²) >= 11 is 0. The highest BCUT2D eigenvalue weighted by molar-refractivity contribution is 14.0. The molecule has 1 saturated heterocycles. The Labute approximate surface area is 168 Å². The quantitative estimate of drug-likeness (QED) is 0.283. The summed E-state index contributed by atoms with van der Waals surface area (Å²) in [5.74, 6) is 1.90. The second-order valence-electron chi connectivity index (χ2n) is 6.04. The lowest BCUT2D eigenvalue weighted by atomic mass is 10.2. The second-order valence-corrected chi connectivity index (χ2v) is 6.04. The van der Waals surface area contributed by atoms with Crippen LogP contribution in [0.15, 0.2) is 23.3 Å². The fourth-order valence-corrected chi connectivity index (χ4v) is 2.78. The summed E-state index contributed by atoms with van der Waals surface area (Å²) in [7, 11) is 1.70. The Bertz CT molecular complexity index is 487. The Morgan fingerprint density at radius 2 is 1.96 bits per heavy atom. The van der Waals surface area contributed by atoms with Gasteiger partial charge in [-0.2, -0.15) is 0 Å². The highest BCUT2D eigenvalue weighted by Gasteiger charge is 2.10. The lowest BCUT2D eigenvalue weighted by Crippen LogP contribution is -2.38. The van der Waals surface area contributed by atoms with Gasteiger partial charge in [-0.1, -0.05) is 18.9 Å². The highest BCUT2D eigenvalue weighted by Crippen LogP contribution is 2.17. The molecule has 0 atom stereocenters. The van der Waals surface area contributed by atoms with Crippen molar-refractivity contribution in [1.82, 2.24) is 15.6 Å². The molecule has 0 aliphatic carbocycles. The van der Waals surface area contributed by atoms with Crippen LogP contribution in [-0.2, 0) is 11.3 Å². The van der Waals surface area contributed by atoms with E-state index >= 15 is 0 Å². The number of hydrogen-bond acceptors (Lipinski definition) is 4. The number of anilines is 1. The highest BCUT2D eigenvalue weighted by atomic mass is 127. The van der Waals surface area contributed by atoms with Crippen molar-refractivity contribution in [2.24, 2.45) is 4.99 Å². The van der Waals surface area contributed by atoms with Gasteiger partial charge in [0.15, 0.2) is 5.96 Å². The number of aromatic nitrogens is 1. The van der Waals surface area contributed by atoms with Crippen LogP contribution in [0.4, 0.5) is 5.82 Å². The van der Waals surface area contributed by atoms with Crippen LogP contribution < -0.4 is 15.5 Å². The smallest absolute Gasteiger partial charge is 0.191 e. The van der Waals surface area contributed by atoms with Crippen LogP contribution >= 0.6 is 24.0 Å². The van der Waals surface area contributed by atoms with Gasteiger partial charge in [-0.05, 0) is 31.4 Å². The summed E-state index contributed by atoms with van der Waals surface area (Å²) in [4.78, 5) is 11.6. The van der Waals surface area contributed by atoms with E-state index in [4.69, 9.17) is 4.74 Å². The standard InChI is InChI=1S/C18H31N5O.HI/c1-3-19-18(20-10-13-24-2)22-15-16-8-9-17(21-14-16)23-11-6-4-5-7-12-23;/h8-9,14H,3-7,10-13,15H2,1-2H3,(H2,19,20,22);1H. The van der Waals surface area contributed by atoms with E-state index in [1.54, 1.807) is 7.11 Å². The fraction of sp³-hybridized carbons (Fsp3) is 0.667. The van der Waals surface area contributed by atoms with E-state index in [1.165, 1.54) is 25.7 Å². The summed E-state index contributed by atoms with van der Waals surface area (Å²) in [6.45, 7) is 7.17. The number of aliphatic imine (C=N–C) groups is 1. The van der Waals surface area contributed by atoms with E-state index in [1.807, 2.05) is 6.20 Å². The van der Waals surface area contributed by atoms with Gasteiger partial charge in [0.2, 0.25) is 0 Å². The normalized spacial score (nSPS) is 15.3. The van der Waals surface area contributed by atoms with Crippen LogP contribution in [0.25, 0.3) is 0 Å². The van der Waals surface area contributed by atoms with Crippen LogP contribution in [0.5, 0.6) is 0 Å². The van der Waals surface area contributed by atoms with Gasteiger partial charge in [0.05, 0.1) is 13.2 Å². The minimum Gasteiger partial charge on any atom is -0.383 e. The SMILES string of the molecule is CCNC(=NCc1ccc(N2CCCCCC2)nc1)NCCOC.I. The summed E-state index contributed by atoms with van der Waals surface area (Å²) in [6, 6.07) is 4.26. The first-order valence-electron chi connectivity index (χ1n) is 9.04. The van der Waals surface area contributed by atoms with Crippen LogP contribution in [-0.4, -0.2) is 50.8 Å². The molecule has 0 amide bonds. The Morgan fingerprint density at radius 1 is 1.20 bits per heavy atom. The number of rotatable bonds is 7. The van der Waals surface area contributed by atoms with E-state index in [0.29, 0.717) is 13.2 Å². The molecule has 1 fully saturated rings. The van der Waals surface area contributed by atoms with Gasteiger partial charge in [-0.3, -0.25) is 0 Å². The molecule has 1 aliphatic heterocycles. The average Bonchev–Trinajstić information content (AvgIpc) is 2.90. The monoisotopic (exact) mass is 461 g/mol. The number of halogens is 1. The number of methoxy groups -OCH3 is 1. The number of hydrogen-bond donors (Lipinski definition) is 2. The molecule has 0 aromatic carbocycles. The summed E-state index contributed by atoms with van der Waals surface area (Å²) in [5, 5.41) is 6.48. The molecule has 0 spiro atoms. The predicted molar refractivity (Wildman–Crippen MR) is 115 cm³/mol. The van der Waals surface area contributed by atoms with Crippen molar-refractivity contribution >= 4 is 35.8 Å². The molecule has 0 unspecified atom stereocenters. The summed E-state index contributed by atoms with van der Waals surface area (Å²) in [6.07, 6.45) is 7.17. The first-order chi connectivity index (χ1) is 11.8. The van der Waals surface area contributed by atoms with E-state index < -0.39 is 0 Å². The maximum atomic E-state index is 5.05. The number of pyridine rings is 1. The summed E-state index contributed by atoms with van der Waals surface area (Å²) in [5.41, 5.74) is 1.12. The third-order valence-corrected chi connectivity index (χ3v) is 4.10. The predicted octanol–water partition coefficient (Wildman–Crippen LogP) is 2.78. The molecule has 1 aromatic heterocycles. The molecule has 6 nitrogen and oxygen atoms in total. The molecule has 1 aromatic rings. The number of guanidine groups is 1. The van der Waals surface area contributed by atoms with Gasteiger partial charge in [-0.15, -0.1) is 24.0 Å². The van der Waals surface area contributed by atoms with Crippen LogP contribution in [0.2, 0.25) is 0 Å². The number of nitrogens with one attached hydrogen (secondary N) is 2. The molecule has 25 heavy (non-hydrogen) atoms. The largest absolute Gasteiger partial charge is 0.383 e. The third kappa shape index (κ3) is 8.22. The fourth-order valence-electron chi connectivity index (χ4n) is 2.78. The van der Waals surface area contributed by atoms with Crippen molar-refractivity contribution in [3.8, 4) is 0 Å². The van der Waals surface area contributed by atoms with E-state index in [-0.39, 0.29) is 24.0 Å². The molecule has 0 radical (unpaired) electrons. The second kappa shape index (κ2) is 13.2. The average molecular weight is 461 g/mol. The zero-order valence-corrected chi connectivity index (χ0v) is 17.8. The Balaban J connectivity index is 0.00000312. The molecule has 142 valence electrons. The molecular weight excluding hydrogens is 429 g/mol. The van der Waals surface area contributed by atoms with Crippen molar-refractivity contribution in [2.45, 2.75) is 39.2 Å². The zero-order valence-electron chi connectivity index (χ0n) is 15.5. The zero-order chi connectivity index (χ0) is 17.0. The molecule has 2 heterocycles. The van der Waals surface area contributed by atoms with E-state index in [2.05, 4.69) is 44.6 Å². The first kappa shape index (κ1) is 22.0. The first-order valence-corrected chi connectivity index (χ1v) is 9.04. The Morgan fingerprint density at radius 3 is 2.56 bits per heavy atom. The molecule has 7 heteroatoms. The maximum absolute atomic E-state index is 5.05. The minimum absolute atomic E-state index is 0. The Kier molecular flexibility index (Phi) is 11.6. The van der Waals surface area contributed by atoms with Crippen LogP contribution in [0, 0.1) is 0 Å². The van der Waals surface area contributed by atoms with E-state index in [0.717, 1.165) is 43.5 Å². The molecular formula is C18H32IN5O. The number of nitrogens with zero attached hydrogens (tertiary/aromatic N) is 3. The van der Waals surface area contributed by atoms with Crippen molar-refractivity contribution in [3.05, 3.63) is 23.9 Å². The van der Waals surface area contributed by atoms with Crippen molar-refractivity contribution in [2.75, 3.05) is 44.8 Å².